The van der Waals surface area contributed by atoms with Gasteiger partial charge in [0.15, 0.2) is 0 Å². The van der Waals surface area contributed by atoms with Crippen LogP contribution >= 0.6 is 0 Å². The van der Waals surface area contributed by atoms with Crippen LogP contribution in [0.3, 0.4) is 0 Å². The van der Waals surface area contributed by atoms with Crippen LogP contribution in [-0.2, 0) is 6.42 Å². The van der Waals surface area contributed by atoms with Crippen LogP contribution in [0.15, 0.2) is 18.2 Å². The SMILES string of the molecule is Cc1ccc(CCO)cc1OCCCN. The first-order valence-electron chi connectivity index (χ1n) is 5.31. The maximum atomic E-state index is 8.84. The fraction of sp³-hybridized carbons (Fsp3) is 0.500. The van der Waals surface area contributed by atoms with E-state index in [4.69, 9.17) is 15.6 Å². The van der Waals surface area contributed by atoms with Crippen molar-refractivity contribution in [2.75, 3.05) is 19.8 Å². The molecule has 84 valence electrons. The molecule has 0 aromatic heterocycles. The van der Waals surface area contributed by atoms with Crippen molar-refractivity contribution in [1.29, 1.82) is 0 Å². The first-order chi connectivity index (χ1) is 7.27. The Labute approximate surface area is 90.9 Å². The largest absolute Gasteiger partial charge is 0.493 e. The number of benzene rings is 1. The zero-order chi connectivity index (χ0) is 11.1. The topological polar surface area (TPSA) is 55.5 Å². The van der Waals surface area contributed by atoms with Crippen molar-refractivity contribution < 1.29 is 9.84 Å². The van der Waals surface area contributed by atoms with Gasteiger partial charge in [-0.1, -0.05) is 12.1 Å². The molecule has 1 rings (SSSR count). The van der Waals surface area contributed by atoms with Crippen LogP contribution < -0.4 is 10.5 Å². The molecule has 15 heavy (non-hydrogen) atoms. The molecule has 0 aliphatic carbocycles. The Balaban J connectivity index is 2.63. The summed E-state index contributed by atoms with van der Waals surface area (Å²) < 4.78 is 5.60. The third-order valence-electron chi connectivity index (χ3n) is 2.26. The van der Waals surface area contributed by atoms with Gasteiger partial charge in [-0.25, -0.2) is 0 Å². The highest BCUT2D eigenvalue weighted by atomic mass is 16.5. The van der Waals surface area contributed by atoms with E-state index in [1.165, 1.54) is 0 Å². The predicted molar refractivity (Wildman–Crippen MR) is 61.1 cm³/mol. The van der Waals surface area contributed by atoms with Gasteiger partial charge >= 0.3 is 0 Å². The number of hydrogen-bond donors (Lipinski definition) is 2. The highest BCUT2D eigenvalue weighted by Gasteiger charge is 2.01. The van der Waals surface area contributed by atoms with Crippen molar-refractivity contribution in [3.8, 4) is 5.75 Å². The molecule has 0 aliphatic rings. The summed E-state index contributed by atoms with van der Waals surface area (Å²) >= 11 is 0. The standard InChI is InChI=1S/C12H19NO2/c1-10-3-4-11(5-7-14)9-12(10)15-8-2-6-13/h3-4,9,14H,2,5-8,13H2,1H3. The Morgan fingerprint density at radius 3 is 2.87 bits per heavy atom. The summed E-state index contributed by atoms with van der Waals surface area (Å²) in [5, 5.41) is 8.84. The zero-order valence-corrected chi connectivity index (χ0v) is 9.20. The van der Waals surface area contributed by atoms with Crippen molar-refractivity contribution in [1.82, 2.24) is 0 Å². The Morgan fingerprint density at radius 2 is 2.20 bits per heavy atom. The highest BCUT2D eigenvalue weighted by molar-refractivity contribution is 5.36. The van der Waals surface area contributed by atoms with E-state index in [9.17, 15) is 0 Å². The Hall–Kier alpha value is -1.06. The van der Waals surface area contributed by atoms with Gasteiger partial charge < -0.3 is 15.6 Å². The fourth-order valence-corrected chi connectivity index (χ4v) is 1.35. The third kappa shape index (κ3) is 3.90. The number of hydrogen-bond acceptors (Lipinski definition) is 3. The summed E-state index contributed by atoms with van der Waals surface area (Å²) in [7, 11) is 0. The molecule has 3 nitrogen and oxygen atoms in total. The number of aliphatic hydroxyl groups excluding tert-OH is 1. The summed E-state index contributed by atoms with van der Waals surface area (Å²) in [5.74, 6) is 0.898. The molecular formula is C12H19NO2. The lowest BCUT2D eigenvalue weighted by atomic mass is 10.1. The lowest BCUT2D eigenvalue weighted by Gasteiger charge is -2.10. The van der Waals surface area contributed by atoms with E-state index in [2.05, 4.69) is 0 Å². The predicted octanol–water partition coefficient (Wildman–Crippen LogP) is 1.26. The molecule has 3 N–H and O–H groups in total. The Morgan fingerprint density at radius 1 is 1.40 bits per heavy atom. The lowest BCUT2D eigenvalue weighted by Crippen LogP contribution is -2.07. The van der Waals surface area contributed by atoms with Crippen molar-refractivity contribution in [3.05, 3.63) is 29.3 Å². The molecule has 3 heteroatoms. The van der Waals surface area contributed by atoms with Gasteiger partial charge in [0, 0.05) is 6.61 Å². The van der Waals surface area contributed by atoms with Crippen molar-refractivity contribution in [3.63, 3.8) is 0 Å². The van der Waals surface area contributed by atoms with Crippen molar-refractivity contribution in [2.24, 2.45) is 5.73 Å². The molecule has 0 heterocycles. The monoisotopic (exact) mass is 209 g/mol. The van der Waals surface area contributed by atoms with Crippen LogP contribution in [0.4, 0.5) is 0 Å². The lowest BCUT2D eigenvalue weighted by molar-refractivity contribution is 0.297. The van der Waals surface area contributed by atoms with Gasteiger partial charge in [0.2, 0.25) is 0 Å². The van der Waals surface area contributed by atoms with Crippen LogP contribution in [0, 0.1) is 6.92 Å². The molecule has 0 atom stereocenters. The van der Waals surface area contributed by atoms with Crippen LogP contribution in [0.5, 0.6) is 5.75 Å². The quantitative estimate of drug-likeness (QED) is 0.693. The van der Waals surface area contributed by atoms with Crippen LogP contribution in [0.1, 0.15) is 17.5 Å². The van der Waals surface area contributed by atoms with E-state index >= 15 is 0 Å². The summed E-state index contributed by atoms with van der Waals surface area (Å²) in [6.45, 7) is 3.49. The molecule has 0 aliphatic heterocycles. The van der Waals surface area contributed by atoms with Crippen molar-refractivity contribution >= 4 is 0 Å². The minimum atomic E-state index is 0.172. The van der Waals surface area contributed by atoms with E-state index in [1.54, 1.807) is 0 Å². The number of rotatable bonds is 6. The molecule has 0 bridgehead atoms. The molecule has 0 unspecified atom stereocenters. The smallest absolute Gasteiger partial charge is 0.122 e. The van der Waals surface area contributed by atoms with Gasteiger partial charge in [-0.15, -0.1) is 0 Å². The second-order valence-corrected chi connectivity index (χ2v) is 3.56. The van der Waals surface area contributed by atoms with Gasteiger partial charge in [-0.05, 0) is 43.5 Å². The van der Waals surface area contributed by atoms with Gasteiger partial charge in [-0.3, -0.25) is 0 Å². The van der Waals surface area contributed by atoms with Gasteiger partial charge in [0.05, 0.1) is 6.61 Å². The molecular weight excluding hydrogens is 190 g/mol. The van der Waals surface area contributed by atoms with Gasteiger partial charge in [0.1, 0.15) is 5.75 Å². The van der Waals surface area contributed by atoms with E-state index in [1.807, 2.05) is 25.1 Å². The summed E-state index contributed by atoms with van der Waals surface area (Å²) in [6.07, 6.45) is 1.54. The normalized spacial score (nSPS) is 10.3. The molecule has 1 aromatic rings. The van der Waals surface area contributed by atoms with Gasteiger partial charge in [0.25, 0.3) is 0 Å². The molecule has 0 amide bonds. The summed E-state index contributed by atoms with van der Waals surface area (Å²) in [4.78, 5) is 0. The van der Waals surface area contributed by atoms with E-state index in [0.717, 1.165) is 23.3 Å². The first-order valence-corrected chi connectivity index (χ1v) is 5.31. The first kappa shape index (κ1) is 12.0. The Kier molecular flexibility index (Phi) is 5.15. The van der Waals surface area contributed by atoms with E-state index in [-0.39, 0.29) is 6.61 Å². The molecule has 0 saturated heterocycles. The highest BCUT2D eigenvalue weighted by Crippen LogP contribution is 2.19. The maximum Gasteiger partial charge on any atom is 0.122 e. The van der Waals surface area contributed by atoms with E-state index in [0.29, 0.717) is 19.6 Å². The minimum Gasteiger partial charge on any atom is -0.493 e. The number of ether oxygens (including phenoxy) is 1. The van der Waals surface area contributed by atoms with Gasteiger partial charge in [-0.2, -0.15) is 0 Å². The maximum absolute atomic E-state index is 8.84. The number of nitrogens with two attached hydrogens (primary N) is 1. The summed E-state index contributed by atoms with van der Waals surface area (Å²) in [6, 6.07) is 6.02. The second kappa shape index (κ2) is 6.43. The average molecular weight is 209 g/mol. The van der Waals surface area contributed by atoms with E-state index < -0.39 is 0 Å². The Bertz CT molecular complexity index is 300. The zero-order valence-electron chi connectivity index (χ0n) is 9.20. The van der Waals surface area contributed by atoms with Crippen LogP contribution in [-0.4, -0.2) is 24.9 Å². The van der Waals surface area contributed by atoms with Crippen LogP contribution in [0.2, 0.25) is 0 Å². The average Bonchev–Trinajstić information content (AvgIpc) is 2.23. The molecule has 1 aromatic carbocycles. The third-order valence-corrected chi connectivity index (χ3v) is 2.26. The molecule has 0 saturated carbocycles. The summed E-state index contributed by atoms with van der Waals surface area (Å²) in [5.41, 5.74) is 7.62. The molecule has 0 radical (unpaired) electrons. The minimum absolute atomic E-state index is 0.172. The number of aliphatic hydroxyl groups is 1. The van der Waals surface area contributed by atoms with Crippen molar-refractivity contribution in [2.45, 2.75) is 19.8 Å². The molecule has 0 spiro atoms. The second-order valence-electron chi connectivity index (χ2n) is 3.56. The number of aryl methyl sites for hydroxylation is 1. The fourth-order valence-electron chi connectivity index (χ4n) is 1.35. The van der Waals surface area contributed by atoms with Crippen LogP contribution in [0.25, 0.3) is 0 Å². The molecule has 0 fully saturated rings.